The molecule has 8 aliphatic carbocycles. The third kappa shape index (κ3) is 6.11. The Morgan fingerprint density at radius 2 is 0.857 bits per heavy atom. The van der Waals surface area contributed by atoms with Crippen molar-refractivity contribution >= 4 is 0 Å². The second-order valence-corrected chi connectivity index (χ2v) is 21.7. The summed E-state index contributed by atoms with van der Waals surface area (Å²) in [6.07, 6.45) is 23.6. The molecule has 4 N–H and O–H groups in total. The van der Waals surface area contributed by atoms with Crippen LogP contribution in [0.3, 0.4) is 0 Å². The van der Waals surface area contributed by atoms with Crippen LogP contribution in [0.2, 0.25) is 0 Å². The molecular weight excluding hydrogens is 689 g/mol. The highest BCUT2D eigenvalue weighted by molar-refractivity contribution is 5.29. The monoisotopic (exact) mass is 761 g/mol. The van der Waals surface area contributed by atoms with Crippen LogP contribution < -0.4 is 0 Å². The molecular formula is C52H72O4. The zero-order chi connectivity index (χ0) is 39.1. The van der Waals surface area contributed by atoms with Crippen LogP contribution in [-0.4, -0.2) is 43.8 Å². The van der Waals surface area contributed by atoms with Crippen LogP contribution in [0.4, 0.5) is 0 Å². The molecule has 304 valence electrons. The zero-order valence-corrected chi connectivity index (χ0v) is 35.1. The number of aliphatic hydroxyl groups excluding tert-OH is 2. The number of rotatable bonds is 4. The van der Waals surface area contributed by atoms with Gasteiger partial charge in [-0.2, -0.15) is 0 Å². The molecule has 0 bridgehead atoms. The lowest BCUT2D eigenvalue weighted by molar-refractivity contribution is -0.124. The van der Waals surface area contributed by atoms with Crippen LogP contribution >= 0.6 is 0 Å². The Morgan fingerprint density at radius 3 is 1.25 bits per heavy atom. The lowest BCUT2D eigenvalue weighted by Crippen LogP contribution is -2.55. The quantitative estimate of drug-likeness (QED) is 0.234. The van der Waals surface area contributed by atoms with Crippen molar-refractivity contribution in [3.8, 4) is 0 Å². The van der Waals surface area contributed by atoms with E-state index in [1.807, 2.05) is 0 Å². The Kier molecular flexibility index (Phi) is 9.95. The van der Waals surface area contributed by atoms with E-state index in [9.17, 15) is 20.4 Å². The summed E-state index contributed by atoms with van der Waals surface area (Å²) >= 11 is 0. The van der Waals surface area contributed by atoms with E-state index in [-0.39, 0.29) is 33.9 Å². The Bertz CT molecular complexity index is 1670. The minimum Gasteiger partial charge on any atom is -0.393 e. The number of aliphatic hydroxyl groups is 4. The maximum Gasteiger partial charge on any atom is 0.0744 e. The molecule has 56 heavy (non-hydrogen) atoms. The van der Waals surface area contributed by atoms with E-state index in [0.29, 0.717) is 23.7 Å². The molecule has 0 heterocycles. The molecule has 6 saturated carbocycles. The Labute approximate surface area is 338 Å². The normalized spacial score (nSPS) is 47.6. The van der Waals surface area contributed by atoms with Gasteiger partial charge in [-0.15, -0.1) is 0 Å². The maximum absolute atomic E-state index is 11.9. The van der Waals surface area contributed by atoms with Crippen molar-refractivity contribution in [3.05, 3.63) is 95.1 Å². The van der Waals surface area contributed by atoms with Gasteiger partial charge in [0.25, 0.3) is 0 Å². The first-order chi connectivity index (χ1) is 26.7. The number of hydrogen-bond donors (Lipinski definition) is 4. The van der Waals surface area contributed by atoms with Crippen LogP contribution in [0.5, 0.6) is 0 Å². The van der Waals surface area contributed by atoms with Crippen molar-refractivity contribution in [1.82, 2.24) is 0 Å². The summed E-state index contributed by atoms with van der Waals surface area (Å²) in [7, 11) is 0. The summed E-state index contributed by atoms with van der Waals surface area (Å²) < 4.78 is 0. The predicted octanol–water partition coefficient (Wildman–Crippen LogP) is 10.6. The molecule has 10 rings (SSSR count). The van der Waals surface area contributed by atoms with Gasteiger partial charge < -0.3 is 20.4 Å². The molecule has 0 amide bonds. The van der Waals surface area contributed by atoms with E-state index in [1.54, 1.807) is 0 Å². The molecule has 0 aliphatic heterocycles. The first-order valence-corrected chi connectivity index (χ1v) is 23.0. The van der Waals surface area contributed by atoms with Crippen LogP contribution in [0.15, 0.2) is 84.0 Å². The average molecular weight is 761 g/mol. The van der Waals surface area contributed by atoms with Gasteiger partial charge in [-0.05, 0) is 171 Å². The lowest BCUT2D eigenvalue weighted by Gasteiger charge is -2.59. The number of benzene rings is 2. The van der Waals surface area contributed by atoms with E-state index in [4.69, 9.17) is 0 Å². The molecule has 14 atom stereocenters. The Morgan fingerprint density at radius 1 is 0.482 bits per heavy atom. The van der Waals surface area contributed by atoms with Crippen molar-refractivity contribution in [2.75, 3.05) is 0 Å². The molecule has 4 heteroatoms. The first-order valence-electron chi connectivity index (χ1n) is 23.0. The highest BCUT2D eigenvalue weighted by Gasteiger charge is 2.65. The van der Waals surface area contributed by atoms with Gasteiger partial charge in [-0.1, -0.05) is 112 Å². The zero-order valence-electron chi connectivity index (χ0n) is 35.1. The van der Waals surface area contributed by atoms with Crippen molar-refractivity contribution < 1.29 is 20.4 Å². The largest absolute Gasteiger partial charge is 0.393 e. The van der Waals surface area contributed by atoms with E-state index in [0.717, 1.165) is 102 Å². The summed E-state index contributed by atoms with van der Waals surface area (Å²) in [4.78, 5) is 0. The van der Waals surface area contributed by atoms with Crippen LogP contribution in [-0.2, 0) is 12.8 Å². The van der Waals surface area contributed by atoms with E-state index < -0.39 is 11.2 Å². The first kappa shape index (κ1) is 39.2. The van der Waals surface area contributed by atoms with Crippen LogP contribution in [0.1, 0.15) is 142 Å². The average Bonchev–Trinajstić information content (AvgIpc) is 3.60. The Hall–Kier alpha value is -2.24. The van der Waals surface area contributed by atoms with Gasteiger partial charge in [-0.25, -0.2) is 0 Å². The topological polar surface area (TPSA) is 80.9 Å². The summed E-state index contributed by atoms with van der Waals surface area (Å²) in [5.74, 6) is 4.12. The Balaban J connectivity index is 0.000000146. The molecule has 4 nitrogen and oxygen atoms in total. The number of hydrogen-bond acceptors (Lipinski definition) is 4. The van der Waals surface area contributed by atoms with Crippen LogP contribution in [0, 0.1) is 57.2 Å². The molecule has 2 aromatic rings. The fourth-order valence-electron chi connectivity index (χ4n) is 16.0. The third-order valence-electron chi connectivity index (χ3n) is 19.5. The number of fused-ring (bicyclic) bond motifs is 10. The summed E-state index contributed by atoms with van der Waals surface area (Å²) in [6.45, 7) is 9.76. The molecule has 2 aromatic carbocycles. The second kappa shape index (κ2) is 14.2. The van der Waals surface area contributed by atoms with Crippen molar-refractivity contribution in [3.63, 3.8) is 0 Å². The van der Waals surface area contributed by atoms with E-state index in [2.05, 4.69) is 101 Å². The highest BCUT2D eigenvalue weighted by atomic mass is 16.3. The third-order valence-corrected chi connectivity index (χ3v) is 19.5. The minimum absolute atomic E-state index is 0.0277. The summed E-state index contributed by atoms with van der Waals surface area (Å²) in [5.41, 5.74) is 5.09. The fourth-order valence-corrected chi connectivity index (χ4v) is 16.0. The SMILES string of the molecule is C[C@]12CC[C@H](O)CC1=CC[C@@H]1[C@@H]2CC[C@@]2(C)[C@H]1CC[C@@]2(O)Cc1ccccc1.C[C@]12CC[C@H](O)CC1=CC[C@@H]1[C@@H]2CC[C@@]2(C)[C@H]1CC[C@@]2(O)Cc1ccccc1. The molecule has 0 aromatic heterocycles. The summed E-state index contributed by atoms with van der Waals surface area (Å²) in [5, 5.41) is 44.1. The van der Waals surface area contributed by atoms with Crippen molar-refractivity contribution in [1.29, 1.82) is 0 Å². The smallest absolute Gasteiger partial charge is 0.0744 e. The van der Waals surface area contributed by atoms with Crippen molar-refractivity contribution in [2.24, 2.45) is 57.2 Å². The molecule has 0 unspecified atom stereocenters. The second-order valence-electron chi connectivity index (χ2n) is 21.7. The van der Waals surface area contributed by atoms with Crippen LogP contribution in [0.25, 0.3) is 0 Å². The fraction of sp³-hybridized carbons (Fsp3) is 0.692. The molecule has 0 radical (unpaired) electrons. The van der Waals surface area contributed by atoms with Gasteiger partial charge in [0.15, 0.2) is 0 Å². The van der Waals surface area contributed by atoms with Gasteiger partial charge in [0.05, 0.1) is 23.4 Å². The summed E-state index contributed by atoms with van der Waals surface area (Å²) in [6, 6.07) is 21.2. The molecule has 6 fully saturated rings. The van der Waals surface area contributed by atoms with E-state index in [1.165, 1.54) is 48.0 Å². The van der Waals surface area contributed by atoms with Crippen molar-refractivity contribution in [2.45, 2.75) is 167 Å². The molecule has 0 saturated heterocycles. The van der Waals surface area contributed by atoms with Gasteiger partial charge in [0.2, 0.25) is 0 Å². The number of allylic oxidation sites excluding steroid dienone is 2. The maximum atomic E-state index is 11.9. The van der Waals surface area contributed by atoms with Gasteiger partial charge in [0, 0.05) is 12.8 Å². The standard InChI is InChI=1S/2C26H36O2/c2*1-24-13-10-20(27)16-19(24)8-9-21-22(24)11-14-25(2)23(21)12-15-26(25,28)17-18-6-4-3-5-7-18/h2*3-8,20-23,27-28H,9-17H2,1-2H3/t2*20-,21+,22-,23-,24-,25-,26+/m00/s1. The predicted molar refractivity (Wildman–Crippen MR) is 226 cm³/mol. The lowest BCUT2D eigenvalue weighted by atomic mass is 9.46. The van der Waals surface area contributed by atoms with Gasteiger partial charge in [-0.3, -0.25) is 0 Å². The van der Waals surface area contributed by atoms with Gasteiger partial charge in [0.1, 0.15) is 0 Å². The minimum atomic E-state index is -0.572. The molecule has 8 aliphatic rings. The van der Waals surface area contributed by atoms with Gasteiger partial charge >= 0.3 is 0 Å². The highest BCUT2D eigenvalue weighted by Crippen LogP contribution is 2.69. The van der Waals surface area contributed by atoms with E-state index >= 15 is 0 Å². The molecule has 0 spiro atoms.